The summed E-state index contributed by atoms with van der Waals surface area (Å²) in [4.78, 5) is 30.5. The molecule has 1 fully saturated rings. The molecule has 4 heterocycles. The van der Waals surface area contributed by atoms with Crippen LogP contribution in [-0.2, 0) is 11.3 Å². The van der Waals surface area contributed by atoms with E-state index in [1.165, 1.54) is 0 Å². The van der Waals surface area contributed by atoms with E-state index in [0.29, 0.717) is 47.0 Å². The van der Waals surface area contributed by atoms with Crippen LogP contribution in [0.2, 0.25) is 5.02 Å². The Morgan fingerprint density at radius 1 is 0.949 bits per heavy atom. The minimum Gasteiger partial charge on any atom is -0.493 e. The van der Waals surface area contributed by atoms with Crippen LogP contribution < -0.4 is 24.7 Å². The number of pyridine rings is 1. The number of hydrogen-bond acceptors (Lipinski definition) is 6. The standard InChI is InChI=1S/C30H30ClN3O5/c1-37-26-11-18(12-27(38-2)29(26)39-3)10-23-22-8-7-21(31)13-25(22)34(30(23)36)17-32-14-19-9-20(16-32)24-5-4-6-28(35)33(24)15-19/h4-8,10-13,19-20H,9,14-17H2,1-3H3/b23-10-/t19?,20-/m1/s1. The first-order valence-electron chi connectivity index (χ1n) is 13.0. The third kappa shape index (κ3) is 4.47. The molecular weight excluding hydrogens is 518 g/mol. The van der Waals surface area contributed by atoms with Crippen LogP contribution in [0.3, 0.4) is 0 Å². The van der Waals surface area contributed by atoms with Gasteiger partial charge in [-0.15, -0.1) is 0 Å². The second kappa shape index (κ2) is 10.1. The molecule has 3 aromatic rings. The van der Waals surface area contributed by atoms with E-state index >= 15 is 0 Å². The zero-order valence-corrected chi connectivity index (χ0v) is 22.9. The second-order valence-electron chi connectivity index (χ2n) is 10.3. The van der Waals surface area contributed by atoms with Crippen LogP contribution in [0.1, 0.15) is 29.2 Å². The SMILES string of the molecule is COc1cc(/C=C2\C(=O)N(CN3CC4C[C@H](C3)c3cccc(=O)n3C4)c3cc(Cl)ccc32)cc(OC)c1OC. The van der Waals surface area contributed by atoms with Crippen LogP contribution in [0.5, 0.6) is 17.2 Å². The molecular formula is C30H30ClN3O5. The van der Waals surface area contributed by atoms with Crippen molar-refractivity contribution in [2.75, 3.05) is 46.0 Å². The number of amides is 1. The zero-order valence-electron chi connectivity index (χ0n) is 22.1. The number of benzene rings is 2. The first-order valence-corrected chi connectivity index (χ1v) is 13.3. The molecule has 0 spiro atoms. The van der Waals surface area contributed by atoms with Crippen LogP contribution in [0.4, 0.5) is 5.69 Å². The highest BCUT2D eigenvalue weighted by Gasteiger charge is 2.38. The van der Waals surface area contributed by atoms with Crippen LogP contribution >= 0.6 is 11.6 Å². The molecule has 8 nitrogen and oxygen atoms in total. The minimum absolute atomic E-state index is 0.0653. The predicted molar refractivity (Wildman–Crippen MR) is 151 cm³/mol. The van der Waals surface area contributed by atoms with Crippen LogP contribution in [0.15, 0.2) is 53.3 Å². The van der Waals surface area contributed by atoms with Gasteiger partial charge in [-0.2, -0.15) is 0 Å². The Labute approximate surface area is 231 Å². The van der Waals surface area contributed by atoms with Gasteiger partial charge in [0.1, 0.15) is 0 Å². The third-order valence-electron chi connectivity index (χ3n) is 7.91. The van der Waals surface area contributed by atoms with E-state index in [1.54, 1.807) is 33.5 Å². The van der Waals surface area contributed by atoms with Crippen molar-refractivity contribution < 1.29 is 19.0 Å². The number of halogens is 1. The van der Waals surface area contributed by atoms with Gasteiger partial charge in [-0.25, -0.2) is 0 Å². The van der Waals surface area contributed by atoms with Crippen molar-refractivity contribution in [1.29, 1.82) is 0 Å². The van der Waals surface area contributed by atoms with Gasteiger partial charge in [0.05, 0.1) is 33.7 Å². The molecule has 1 aromatic heterocycles. The number of ether oxygens (including phenoxy) is 3. The molecule has 9 heteroatoms. The molecule has 202 valence electrons. The summed E-state index contributed by atoms with van der Waals surface area (Å²) < 4.78 is 18.4. The topological polar surface area (TPSA) is 73.2 Å². The Balaban J connectivity index is 1.33. The lowest BCUT2D eigenvalue weighted by atomic mass is 9.83. The van der Waals surface area contributed by atoms with Gasteiger partial charge in [0.2, 0.25) is 5.75 Å². The lowest BCUT2D eigenvalue weighted by Crippen LogP contribution is -2.50. The fourth-order valence-electron chi connectivity index (χ4n) is 6.27. The smallest absolute Gasteiger partial charge is 0.260 e. The molecule has 1 saturated heterocycles. The Morgan fingerprint density at radius 3 is 2.44 bits per heavy atom. The van der Waals surface area contributed by atoms with Crippen LogP contribution in [-0.4, -0.2) is 56.5 Å². The Bertz CT molecular complexity index is 1520. The summed E-state index contributed by atoms with van der Waals surface area (Å²) in [5.74, 6) is 2.06. The van der Waals surface area contributed by atoms with Crippen molar-refractivity contribution in [1.82, 2.24) is 9.47 Å². The molecule has 0 radical (unpaired) electrons. The highest BCUT2D eigenvalue weighted by molar-refractivity contribution is 6.37. The molecule has 39 heavy (non-hydrogen) atoms. The summed E-state index contributed by atoms with van der Waals surface area (Å²) in [6.45, 7) is 2.77. The molecule has 3 aliphatic rings. The second-order valence-corrected chi connectivity index (χ2v) is 10.7. The first kappa shape index (κ1) is 25.5. The largest absolute Gasteiger partial charge is 0.493 e. The van der Waals surface area contributed by atoms with E-state index in [2.05, 4.69) is 11.0 Å². The summed E-state index contributed by atoms with van der Waals surface area (Å²) in [5, 5.41) is 0.574. The first-order chi connectivity index (χ1) is 18.9. The highest BCUT2D eigenvalue weighted by atomic mass is 35.5. The van der Waals surface area contributed by atoms with Gasteiger partial charge in [0, 0.05) is 53.5 Å². The van der Waals surface area contributed by atoms with Gasteiger partial charge in [-0.3, -0.25) is 19.4 Å². The number of carbonyl (C=O) groups is 1. The van der Waals surface area contributed by atoms with Crippen molar-refractivity contribution in [3.05, 3.63) is 80.7 Å². The normalized spacial score (nSPS) is 21.1. The van der Waals surface area contributed by atoms with Crippen molar-refractivity contribution in [3.8, 4) is 17.2 Å². The van der Waals surface area contributed by atoms with E-state index in [1.807, 2.05) is 45.9 Å². The quantitative estimate of drug-likeness (QED) is 0.423. The van der Waals surface area contributed by atoms with E-state index in [-0.39, 0.29) is 17.4 Å². The summed E-state index contributed by atoms with van der Waals surface area (Å²) in [5.41, 5.74) is 4.10. The Hall–Kier alpha value is -3.75. The number of piperidine rings is 1. The third-order valence-corrected chi connectivity index (χ3v) is 8.15. The molecule has 0 saturated carbocycles. The predicted octanol–water partition coefficient (Wildman–Crippen LogP) is 4.49. The average Bonchev–Trinajstić information content (AvgIpc) is 3.18. The molecule has 1 amide bonds. The summed E-state index contributed by atoms with van der Waals surface area (Å²) >= 11 is 6.40. The number of carbonyl (C=O) groups excluding carboxylic acids is 1. The minimum atomic E-state index is -0.0895. The molecule has 2 bridgehead atoms. The van der Waals surface area contributed by atoms with Gasteiger partial charge in [-0.05, 0) is 54.3 Å². The molecule has 3 aliphatic heterocycles. The van der Waals surface area contributed by atoms with E-state index < -0.39 is 0 Å². The monoisotopic (exact) mass is 547 g/mol. The Kier molecular flexibility index (Phi) is 6.61. The maximum absolute atomic E-state index is 13.9. The summed E-state index contributed by atoms with van der Waals surface area (Å²) in [7, 11) is 4.69. The number of hydrogen-bond donors (Lipinski definition) is 0. The van der Waals surface area contributed by atoms with Crippen molar-refractivity contribution in [2.45, 2.75) is 18.9 Å². The van der Waals surface area contributed by atoms with Gasteiger partial charge in [0.25, 0.3) is 11.5 Å². The number of aromatic nitrogens is 1. The van der Waals surface area contributed by atoms with Gasteiger partial charge in [-0.1, -0.05) is 23.7 Å². The van der Waals surface area contributed by atoms with Crippen molar-refractivity contribution in [3.63, 3.8) is 0 Å². The van der Waals surface area contributed by atoms with E-state index in [9.17, 15) is 9.59 Å². The fraction of sp³-hybridized carbons (Fsp3) is 0.333. The lowest BCUT2D eigenvalue weighted by molar-refractivity contribution is -0.113. The van der Waals surface area contributed by atoms with Crippen molar-refractivity contribution >= 4 is 34.8 Å². The summed E-state index contributed by atoms with van der Waals surface area (Å²) in [6, 6.07) is 14.7. The van der Waals surface area contributed by atoms with Gasteiger partial charge >= 0.3 is 0 Å². The molecule has 2 aromatic carbocycles. The molecule has 0 N–H and O–H groups in total. The van der Waals surface area contributed by atoms with Crippen LogP contribution in [0, 0.1) is 5.92 Å². The van der Waals surface area contributed by atoms with Gasteiger partial charge in [0.15, 0.2) is 11.5 Å². The van der Waals surface area contributed by atoms with E-state index in [0.717, 1.165) is 42.0 Å². The maximum Gasteiger partial charge on any atom is 0.260 e. The fourth-order valence-corrected chi connectivity index (χ4v) is 6.43. The van der Waals surface area contributed by atoms with Crippen molar-refractivity contribution in [2.24, 2.45) is 5.92 Å². The van der Waals surface area contributed by atoms with Crippen LogP contribution in [0.25, 0.3) is 11.6 Å². The zero-order chi connectivity index (χ0) is 27.3. The number of anilines is 1. The number of methoxy groups -OCH3 is 3. The number of nitrogens with zero attached hydrogens (tertiary/aromatic N) is 3. The highest BCUT2D eigenvalue weighted by Crippen LogP contribution is 2.43. The summed E-state index contributed by atoms with van der Waals surface area (Å²) in [6.07, 6.45) is 2.91. The molecule has 6 rings (SSSR count). The number of rotatable bonds is 6. The average molecular weight is 548 g/mol. The van der Waals surface area contributed by atoms with E-state index in [4.69, 9.17) is 25.8 Å². The number of likely N-dealkylation sites (tertiary alicyclic amines) is 1. The number of fused-ring (bicyclic) bond motifs is 5. The molecule has 0 aliphatic carbocycles. The Morgan fingerprint density at radius 2 is 1.72 bits per heavy atom. The molecule has 2 atom stereocenters. The molecule has 1 unspecified atom stereocenters. The van der Waals surface area contributed by atoms with Gasteiger partial charge < -0.3 is 18.8 Å². The maximum atomic E-state index is 13.9. The lowest BCUT2D eigenvalue weighted by Gasteiger charge is -2.43.